The molecule has 2 atom stereocenters. The first kappa shape index (κ1) is 10.2. The number of nitrogens with zero attached hydrogens (tertiary/aromatic N) is 1. The molecule has 3 N–H and O–H groups in total. The van der Waals surface area contributed by atoms with Crippen LogP contribution in [-0.4, -0.2) is 24.7 Å². The van der Waals surface area contributed by atoms with Crippen molar-refractivity contribution in [1.82, 2.24) is 5.32 Å². The summed E-state index contributed by atoms with van der Waals surface area (Å²) in [7, 11) is 0. The molecular weight excluding hydrogens is 145 g/mol. The molecule has 0 aromatic heterocycles. The number of hydrogen-bond acceptors (Lipinski definition) is 1. The molecule has 0 spiro atoms. The zero-order valence-electron chi connectivity index (χ0n) is 7.26. The molecule has 0 heterocycles. The molecule has 0 saturated carbocycles. The van der Waals surface area contributed by atoms with E-state index < -0.39 is 6.17 Å². The fourth-order valence-electron chi connectivity index (χ4n) is 0.564. The van der Waals surface area contributed by atoms with Crippen molar-refractivity contribution in [3.8, 4) is 0 Å². The Kier molecular flexibility index (Phi) is 4.57. The summed E-state index contributed by atoms with van der Waals surface area (Å²) in [5.41, 5.74) is 5.40. The standard InChI is InChI=1S/C7H16FN3/c1-4-10-7(9)11-6(3)5(2)8/h5-6H,4H2,1-3H3,(H3,9,10,11)/t5-,6?/m1/s1. The van der Waals surface area contributed by atoms with Crippen LogP contribution in [0.3, 0.4) is 0 Å². The smallest absolute Gasteiger partial charge is 0.188 e. The number of rotatable bonds is 3. The Hall–Kier alpha value is -0.800. The van der Waals surface area contributed by atoms with E-state index in [0.717, 1.165) is 0 Å². The van der Waals surface area contributed by atoms with Gasteiger partial charge in [0.05, 0.1) is 6.04 Å². The number of halogens is 1. The van der Waals surface area contributed by atoms with Gasteiger partial charge in [0.25, 0.3) is 0 Å². The molecule has 0 aliphatic carbocycles. The van der Waals surface area contributed by atoms with E-state index in [1.807, 2.05) is 6.92 Å². The summed E-state index contributed by atoms with van der Waals surface area (Å²) in [4.78, 5) is 3.86. The number of guanidine groups is 1. The Morgan fingerprint density at radius 3 is 2.55 bits per heavy atom. The molecule has 11 heavy (non-hydrogen) atoms. The maximum atomic E-state index is 12.5. The molecule has 0 aromatic carbocycles. The Labute approximate surface area is 66.9 Å². The third kappa shape index (κ3) is 4.58. The van der Waals surface area contributed by atoms with Crippen LogP contribution in [0.1, 0.15) is 20.8 Å². The van der Waals surface area contributed by atoms with Gasteiger partial charge in [0.1, 0.15) is 6.17 Å². The second kappa shape index (κ2) is 4.93. The van der Waals surface area contributed by atoms with Crippen LogP contribution in [0.15, 0.2) is 4.99 Å². The predicted octanol–water partition coefficient (Wildman–Crippen LogP) is 0.657. The van der Waals surface area contributed by atoms with Crippen LogP contribution in [0.4, 0.5) is 4.39 Å². The van der Waals surface area contributed by atoms with Gasteiger partial charge in [0.15, 0.2) is 5.96 Å². The topological polar surface area (TPSA) is 50.4 Å². The first-order valence-corrected chi connectivity index (χ1v) is 3.78. The van der Waals surface area contributed by atoms with Crippen LogP contribution in [-0.2, 0) is 0 Å². The molecule has 0 aliphatic rings. The largest absolute Gasteiger partial charge is 0.370 e. The Morgan fingerprint density at radius 2 is 2.18 bits per heavy atom. The quantitative estimate of drug-likeness (QED) is 0.472. The van der Waals surface area contributed by atoms with Gasteiger partial charge in [-0.15, -0.1) is 0 Å². The second-order valence-corrected chi connectivity index (χ2v) is 2.47. The molecule has 0 aliphatic heterocycles. The van der Waals surface area contributed by atoms with E-state index in [1.54, 1.807) is 6.92 Å². The number of aliphatic imine (C=N–C) groups is 1. The average Bonchev–Trinajstić information content (AvgIpc) is 1.87. The van der Waals surface area contributed by atoms with E-state index in [1.165, 1.54) is 6.92 Å². The van der Waals surface area contributed by atoms with Gasteiger partial charge < -0.3 is 11.1 Å². The summed E-state index contributed by atoms with van der Waals surface area (Å²) in [5, 5.41) is 2.73. The van der Waals surface area contributed by atoms with Crippen molar-refractivity contribution in [2.45, 2.75) is 33.0 Å². The van der Waals surface area contributed by atoms with Gasteiger partial charge in [-0.2, -0.15) is 0 Å². The van der Waals surface area contributed by atoms with E-state index in [4.69, 9.17) is 5.73 Å². The molecular formula is C7H16FN3. The van der Waals surface area contributed by atoms with Gasteiger partial charge in [-0.05, 0) is 20.8 Å². The van der Waals surface area contributed by atoms with Crippen molar-refractivity contribution >= 4 is 5.96 Å². The van der Waals surface area contributed by atoms with Crippen LogP contribution in [0.5, 0.6) is 0 Å². The Balaban J connectivity index is 3.75. The van der Waals surface area contributed by atoms with Crippen molar-refractivity contribution in [3.63, 3.8) is 0 Å². The van der Waals surface area contributed by atoms with Crippen LogP contribution in [0, 0.1) is 0 Å². The molecule has 0 fully saturated rings. The van der Waals surface area contributed by atoms with Gasteiger partial charge in [-0.1, -0.05) is 0 Å². The zero-order chi connectivity index (χ0) is 8.85. The van der Waals surface area contributed by atoms with E-state index in [0.29, 0.717) is 12.5 Å². The second-order valence-electron chi connectivity index (χ2n) is 2.47. The molecule has 0 radical (unpaired) electrons. The maximum Gasteiger partial charge on any atom is 0.188 e. The monoisotopic (exact) mass is 161 g/mol. The molecule has 0 bridgehead atoms. The van der Waals surface area contributed by atoms with Crippen LogP contribution in [0.25, 0.3) is 0 Å². The first-order valence-electron chi connectivity index (χ1n) is 3.78. The number of nitrogens with one attached hydrogen (secondary N) is 1. The summed E-state index contributed by atoms with van der Waals surface area (Å²) in [6, 6.07) is -0.273. The third-order valence-corrected chi connectivity index (χ3v) is 1.39. The fraction of sp³-hybridized carbons (Fsp3) is 0.857. The minimum atomic E-state index is -0.916. The minimum Gasteiger partial charge on any atom is -0.370 e. The molecule has 0 aromatic rings. The van der Waals surface area contributed by atoms with E-state index >= 15 is 0 Å². The number of nitrogens with two attached hydrogens (primary N) is 1. The van der Waals surface area contributed by atoms with Crippen LogP contribution >= 0.6 is 0 Å². The lowest BCUT2D eigenvalue weighted by atomic mass is 10.2. The van der Waals surface area contributed by atoms with E-state index in [-0.39, 0.29) is 6.04 Å². The van der Waals surface area contributed by atoms with Gasteiger partial charge in [-0.25, -0.2) is 4.39 Å². The molecule has 0 amide bonds. The zero-order valence-corrected chi connectivity index (χ0v) is 7.26. The van der Waals surface area contributed by atoms with Crippen molar-refractivity contribution in [1.29, 1.82) is 0 Å². The van der Waals surface area contributed by atoms with Crippen molar-refractivity contribution in [2.75, 3.05) is 6.54 Å². The molecule has 4 heteroatoms. The summed E-state index contributed by atoms with van der Waals surface area (Å²) >= 11 is 0. The lowest BCUT2D eigenvalue weighted by Crippen LogP contribution is -2.42. The van der Waals surface area contributed by atoms with Crippen molar-refractivity contribution in [2.24, 2.45) is 10.7 Å². The highest BCUT2D eigenvalue weighted by Crippen LogP contribution is 1.94. The SMILES string of the molecule is CCN=C(N)NC(C)[C@@H](C)F. The first-order chi connectivity index (χ1) is 5.07. The van der Waals surface area contributed by atoms with E-state index in [2.05, 4.69) is 10.3 Å². The summed E-state index contributed by atoms with van der Waals surface area (Å²) in [5.74, 6) is 0.310. The van der Waals surface area contributed by atoms with Crippen molar-refractivity contribution in [3.05, 3.63) is 0 Å². The van der Waals surface area contributed by atoms with Crippen molar-refractivity contribution < 1.29 is 4.39 Å². The minimum absolute atomic E-state index is 0.273. The van der Waals surface area contributed by atoms with Crippen LogP contribution < -0.4 is 11.1 Å². The van der Waals surface area contributed by atoms with Gasteiger partial charge in [-0.3, -0.25) is 4.99 Å². The average molecular weight is 161 g/mol. The molecule has 1 unspecified atom stereocenters. The molecule has 0 rings (SSSR count). The highest BCUT2D eigenvalue weighted by molar-refractivity contribution is 5.78. The summed E-state index contributed by atoms with van der Waals surface area (Å²) < 4.78 is 12.5. The lowest BCUT2D eigenvalue weighted by Gasteiger charge is -2.14. The highest BCUT2D eigenvalue weighted by atomic mass is 19.1. The molecule has 3 nitrogen and oxygen atoms in total. The highest BCUT2D eigenvalue weighted by Gasteiger charge is 2.09. The molecule has 0 saturated heterocycles. The Morgan fingerprint density at radius 1 is 1.64 bits per heavy atom. The van der Waals surface area contributed by atoms with E-state index in [9.17, 15) is 4.39 Å². The van der Waals surface area contributed by atoms with Gasteiger partial charge in [0, 0.05) is 6.54 Å². The molecule has 66 valence electrons. The number of alkyl halides is 1. The fourth-order valence-corrected chi connectivity index (χ4v) is 0.564. The van der Waals surface area contributed by atoms with Gasteiger partial charge in [0.2, 0.25) is 0 Å². The summed E-state index contributed by atoms with van der Waals surface area (Å²) in [6.07, 6.45) is -0.916. The normalized spacial score (nSPS) is 17.6. The lowest BCUT2D eigenvalue weighted by molar-refractivity contribution is 0.302. The van der Waals surface area contributed by atoms with Gasteiger partial charge >= 0.3 is 0 Å². The maximum absolute atomic E-state index is 12.5. The van der Waals surface area contributed by atoms with Crippen LogP contribution in [0.2, 0.25) is 0 Å². The number of hydrogen-bond donors (Lipinski definition) is 2. The Bertz CT molecular complexity index is 134. The third-order valence-electron chi connectivity index (χ3n) is 1.39. The summed E-state index contributed by atoms with van der Waals surface area (Å²) in [6.45, 7) is 5.70. The predicted molar refractivity (Wildman–Crippen MR) is 45.3 cm³/mol.